The standard InChI is InChI=1S/C16H21FN2O2/c1-11(12-4-3-5-14(17)8-12)10-18-16(21)13-6-7-19(2)15(20)9-13/h3-5,8,11,13H,6-7,9-10H2,1-2H3,(H,18,21). The fourth-order valence-corrected chi connectivity index (χ4v) is 2.50. The van der Waals surface area contributed by atoms with E-state index in [9.17, 15) is 14.0 Å². The highest BCUT2D eigenvalue weighted by atomic mass is 19.1. The number of hydrogen-bond donors (Lipinski definition) is 1. The highest BCUT2D eigenvalue weighted by Crippen LogP contribution is 2.19. The Morgan fingerprint density at radius 1 is 1.52 bits per heavy atom. The molecule has 21 heavy (non-hydrogen) atoms. The molecule has 1 aromatic rings. The third-order valence-corrected chi connectivity index (χ3v) is 4.03. The lowest BCUT2D eigenvalue weighted by atomic mass is 9.95. The Morgan fingerprint density at radius 2 is 2.29 bits per heavy atom. The van der Waals surface area contributed by atoms with Gasteiger partial charge >= 0.3 is 0 Å². The fraction of sp³-hybridized carbons (Fsp3) is 0.500. The van der Waals surface area contributed by atoms with Crippen molar-refractivity contribution in [2.24, 2.45) is 5.92 Å². The van der Waals surface area contributed by atoms with Crippen molar-refractivity contribution in [1.82, 2.24) is 10.2 Å². The van der Waals surface area contributed by atoms with Crippen molar-refractivity contribution >= 4 is 11.8 Å². The van der Waals surface area contributed by atoms with E-state index in [0.717, 1.165) is 5.56 Å². The first kappa shape index (κ1) is 15.5. The molecule has 2 atom stereocenters. The van der Waals surface area contributed by atoms with Crippen LogP contribution in [0.5, 0.6) is 0 Å². The molecule has 1 aromatic carbocycles. The van der Waals surface area contributed by atoms with Gasteiger partial charge in [0.2, 0.25) is 11.8 Å². The normalized spacial score (nSPS) is 20.2. The average Bonchev–Trinajstić information content (AvgIpc) is 2.47. The summed E-state index contributed by atoms with van der Waals surface area (Å²) < 4.78 is 13.2. The molecule has 2 rings (SSSR count). The summed E-state index contributed by atoms with van der Waals surface area (Å²) in [5, 5.41) is 2.87. The minimum Gasteiger partial charge on any atom is -0.355 e. The number of nitrogens with one attached hydrogen (secondary N) is 1. The third-order valence-electron chi connectivity index (χ3n) is 4.03. The van der Waals surface area contributed by atoms with Gasteiger partial charge in [-0.05, 0) is 30.0 Å². The first-order valence-electron chi connectivity index (χ1n) is 7.24. The SMILES string of the molecule is CC(CNC(=O)C1CCN(C)C(=O)C1)c1cccc(F)c1. The van der Waals surface area contributed by atoms with Crippen LogP contribution in [0.2, 0.25) is 0 Å². The summed E-state index contributed by atoms with van der Waals surface area (Å²) in [5.74, 6) is -0.550. The van der Waals surface area contributed by atoms with Crippen LogP contribution in [-0.2, 0) is 9.59 Å². The summed E-state index contributed by atoms with van der Waals surface area (Å²) in [5.41, 5.74) is 0.856. The molecule has 5 heteroatoms. The van der Waals surface area contributed by atoms with Crippen molar-refractivity contribution < 1.29 is 14.0 Å². The summed E-state index contributed by atoms with van der Waals surface area (Å²) in [6.45, 7) is 3.01. The molecule has 1 aliphatic rings. The molecular formula is C16H21FN2O2. The topological polar surface area (TPSA) is 49.4 Å². The highest BCUT2D eigenvalue weighted by Gasteiger charge is 2.28. The number of carbonyl (C=O) groups excluding carboxylic acids is 2. The number of nitrogens with zero attached hydrogens (tertiary/aromatic N) is 1. The molecular weight excluding hydrogens is 271 g/mol. The lowest BCUT2D eigenvalue weighted by Crippen LogP contribution is -2.42. The lowest BCUT2D eigenvalue weighted by molar-refractivity contribution is -0.139. The number of halogens is 1. The van der Waals surface area contributed by atoms with Crippen LogP contribution in [0.15, 0.2) is 24.3 Å². The van der Waals surface area contributed by atoms with Crippen LogP contribution in [0, 0.1) is 11.7 Å². The van der Waals surface area contributed by atoms with Crippen molar-refractivity contribution in [1.29, 1.82) is 0 Å². The highest BCUT2D eigenvalue weighted by molar-refractivity contribution is 5.86. The minimum absolute atomic E-state index is 0.0135. The zero-order valence-electron chi connectivity index (χ0n) is 12.4. The summed E-state index contributed by atoms with van der Waals surface area (Å²) in [6.07, 6.45) is 0.971. The number of likely N-dealkylation sites (tertiary alicyclic amines) is 1. The second kappa shape index (κ2) is 6.70. The van der Waals surface area contributed by atoms with Crippen LogP contribution in [0.3, 0.4) is 0 Å². The second-order valence-electron chi connectivity index (χ2n) is 5.71. The first-order valence-corrected chi connectivity index (χ1v) is 7.24. The van der Waals surface area contributed by atoms with Crippen LogP contribution in [0.1, 0.15) is 31.2 Å². The summed E-state index contributed by atoms with van der Waals surface area (Å²) >= 11 is 0. The molecule has 0 bridgehead atoms. The summed E-state index contributed by atoms with van der Waals surface area (Å²) in [6, 6.07) is 6.40. The maximum atomic E-state index is 13.2. The first-order chi connectivity index (χ1) is 9.97. The maximum Gasteiger partial charge on any atom is 0.223 e. The van der Waals surface area contributed by atoms with E-state index in [1.54, 1.807) is 18.0 Å². The van der Waals surface area contributed by atoms with Gasteiger partial charge in [-0.2, -0.15) is 0 Å². The van der Waals surface area contributed by atoms with E-state index in [1.807, 2.05) is 13.0 Å². The maximum absolute atomic E-state index is 13.2. The third kappa shape index (κ3) is 4.03. The van der Waals surface area contributed by atoms with Gasteiger partial charge in [0.1, 0.15) is 5.82 Å². The van der Waals surface area contributed by atoms with E-state index in [-0.39, 0.29) is 35.9 Å². The Labute approximate surface area is 124 Å². The monoisotopic (exact) mass is 292 g/mol. The van der Waals surface area contributed by atoms with Crippen molar-refractivity contribution in [3.8, 4) is 0 Å². The van der Waals surface area contributed by atoms with Gasteiger partial charge in [0.25, 0.3) is 0 Å². The Bertz CT molecular complexity index is 533. The average molecular weight is 292 g/mol. The Morgan fingerprint density at radius 3 is 2.95 bits per heavy atom. The predicted molar refractivity (Wildman–Crippen MR) is 78.2 cm³/mol. The molecule has 1 aliphatic heterocycles. The van der Waals surface area contributed by atoms with Gasteiger partial charge in [-0.3, -0.25) is 9.59 Å². The second-order valence-corrected chi connectivity index (χ2v) is 5.71. The van der Waals surface area contributed by atoms with E-state index < -0.39 is 0 Å². The molecule has 0 spiro atoms. The quantitative estimate of drug-likeness (QED) is 0.921. The Balaban J connectivity index is 1.85. The number of hydrogen-bond acceptors (Lipinski definition) is 2. The van der Waals surface area contributed by atoms with Gasteiger partial charge in [-0.15, -0.1) is 0 Å². The van der Waals surface area contributed by atoms with Crippen LogP contribution < -0.4 is 5.32 Å². The van der Waals surface area contributed by atoms with E-state index in [1.165, 1.54) is 12.1 Å². The van der Waals surface area contributed by atoms with Crippen LogP contribution >= 0.6 is 0 Å². The number of carbonyl (C=O) groups is 2. The van der Waals surface area contributed by atoms with Crippen LogP contribution in [0.25, 0.3) is 0 Å². The molecule has 1 heterocycles. The van der Waals surface area contributed by atoms with Gasteiger partial charge in [-0.1, -0.05) is 19.1 Å². The number of amides is 2. The van der Waals surface area contributed by atoms with E-state index in [2.05, 4.69) is 5.32 Å². The molecule has 0 aromatic heterocycles. The van der Waals surface area contributed by atoms with Gasteiger partial charge < -0.3 is 10.2 Å². The molecule has 0 saturated carbocycles. The van der Waals surface area contributed by atoms with Crippen molar-refractivity contribution in [3.05, 3.63) is 35.6 Å². The minimum atomic E-state index is -0.272. The zero-order valence-corrected chi connectivity index (χ0v) is 12.4. The largest absolute Gasteiger partial charge is 0.355 e. The molecule has 1 fully saturated rings. The van der Waals surface area contributed by atoms with Gasteiger partial charge in [-0.25, -0.2) is 4.39 Å². The number of benzene rings is 1. The van der Waals surface area contributed by atoms with Gasteiger partial charge in [0.05, 0.1) is 0 Å². The number of rotatable bonds is 4. The predicted octanol–water partition coefficient (Wildman–Crippen LogP) is 1.91. The van der Waals surface area contributed by atoms with Gasteiger partial charge in [0, 0.05) is 32.5 Å². The lowest BCUT2D eigenvalue weighted by Gasteiger charge is -2.28. The molecule has 114 valence electrons. The van der Waals surface area contributed by atoms with Gasteiger partial charge in [0.15, 0.2) is 0 Å². The molecule has 0 aliphatic carbocycles. The van der Waals surface area contributed by atoms with Crippen molar-refractivity contribution in [2.45, 2.75) is 25.7 Å². The van der Waals surface area contributed by atoms with Crippen molar-refractivity contribution in [2.75, 3.05) is 20.1 Å². The molecule has 2 amide bonds. The molecule has 1 saturated heterocycles. The summed E-state index contributed by atoms with van der Waals surface area (Å²) in [7, 11) is 1.75. The van der Waals surface area contributed by atoms with E-state index >= 15 is 0 Å². The fourth-order valence-electron chi connectivity index (χ4n) is 2.50. The summed E-state index contributed by atoms with van der Waals surface area (Å²) in [4.78, 5) is 25.4. The molecule has 4 nitrogen and oxygen atoms in total. The number of piperidine rings is 1. The molecule has 0 radical (unpaired) electrons. The molecule has 2 unspecified atom stereocenters. The zero-order chi connectivity index (χ0) is 15.4. The van der Waals surface area contributed by atoms with Crippen LogP contribution in [0.4, 0.5) is 4.39 Å². The molecule has 1 N–H and O–H groups in total. The van der Waals surface area contributed by atoms with E-state index in [4.69, 9.17) is 0 Å². The Hall–Kier alpha value is -1.91. The van der Waals surface area contributed by atoms with Crippen LogP contribution in [-0.4, -0.2) is 36.9 Å². The van der Waals surface area contributed by atoms with E-state index in [0.29, 0.717) is 19.5 Å². The smallest absolute Gasteiger partial charge is 0.223 e. The Kier molecular flexibility index (Phi) is 4.94. The van der Waals surface area contributed by atoms with Crippen molar-refractivity contribution in [3.63, 3.8) is 0 Å².